The van der Waals surface area contributed by atoms with E-state index in [4.69, 9.17) is 26.8 Å². The van der Waals surface area contributed by atoms with Gasteiger partial charge in [-0.05, 0) is 69.7 Å². The topological polar surface area (TPSA) is 133 Å². The molecule has 276 valence electrons. The number of pyridine rings is 1. The van der Waals surface area contributed by atoms with E-state index in [2.05, 4.69) is 27.5 Å². The van der Waals surface area contributed by atoms with E-state index < -0.39 is 18.2 Å². The second-order valence-corrected chi connectivity index (χ2v) is 11.8. The number of carbonyl (C=O) groups excluding carboxylic acids is 3. The molecule has 0 saturated carbocycles. The highest BCUT2D eigenvalue weighted by molar-refractivity contribution is 6.17. The summed E-state index contributed by atoms with van der Waals surface area (Å²) in [4.78, 5) is 34.6. The van der Waals surface area contributed by atoms with E-state index in [-0.39, 0.29) is 43.3 Å². The number of aromatic nitrogens is 1. The molecule has 51 heavy (non-hydrogen) atoms. The van der Waals surface area contributed by atoms with E-state index in [0.29, 0.717) is 12.2 Å². The molecule has 0 spiro atoms. The highest BCUT2D eigenvalue weighted by Gasteiger charge is 2.14. The number of carbonyl (C=O) groups is 3. The number of nitrogens with two attached hydrogens (primary N) is 1. The molecule has 10 nitrogen and oxygen atoms in total. The SMILES string of the molecule is CCOC(=O)c1ccc[n+](COC(=O)N[C@@H](C)Cc2ccccc2)c1.C[C@@H](Cc1ccccc1)NC(=O)OCCl.C[C@H](N)Cc1ccccc1.[Cl-]. The smallest absolute Gasteiger partial charge is 0.412 e. The minimum Gasteiger partial charge on any atom is -1.00 e. The molecule has 2 amide bonds. The Morgan fingerprint density at radius 3 is 1.57 bits per heavy atom. The van der Waals surface area contributed by atoms with Crippen LogP contribution >= 0.6 is 11.6 Å². The van der Waals surface area contributed by atoms with Crippen LogP contribution in [0.4, 0.5) is 9.59 Å². The van der Waals surface area contributed by atoms with Crippen molar-refractivity contribution >= 4 is 29.8 Å². The van der Waals surface area contributed by atoms with Gasteiger partial charge in [0.25, 0.3) is 6.73 Å². The summed E-state index contributed by atoms with van der Waals surface area (Å²) >= 11 is 5.26. The summed E-state index contributed by atoms with van der Waals surface area (Å²) in [5.74, 6) is -0.405. The number of nitrogens with one attached hydrogen (secondary N) is 2. The van der Waals surface area contributed by atoms with Crippen LogP contribution in [0.5, 0.6) is 0 Å². The molecular weight excluding hydrogens is 691 g/mol. The number of benzene rings is 3. The number of amides is 2. The van der Waals surface area contributed by atoms with Crippen LogP contribution in [0.15, 0.2) is 116 Å². The molecule has 1 heterocycles. The van der Waals surface area contributed by atoms with Gasteiger partial charge in [-0.2, -0.15) is 4.57 Å². The average molecular weight is 742 g/mol. The number of ether oxygens (including phenoxy) is 3. The number of hydrogen-bond acceptors (Lipinski definition) is 7. The van der Waals surface area contributed by atoms with Gasteiger partial charge in [0.15, 0.2) is 18.5 Å². The van der Waals surface area contributed by atoms with Gasteiger partial charge in [-0.15, -0.1) is 0 Å². The van der Waals surface area contributed by atoms with Gasteiger partial charge in [-0.25, -0.2) is 14.4 Å². The molecule has 4 aromatic rings. The fraction of sp³-hybridized carbons (Fsp3) is 0.333. The standard InChI is InChI=1S/C19H22N2O4.C11H14ClNO2.C9H13N.ClH/c1-3-24-18(22)17-10-7-11-21(13-17)14-25-19(23)20-15(2)12-16-8-5-4-6-9-16;1-9(13-11(14)15-8-12)7-10-5-3-2-4-6-10;1-8(10)7-9-5-3-2-4-6-9;/h4-11,13,15H,3,12,14H2,1-2H3;2-6,9H,7-8H2,1H3,(H,13,14);2-6,8H,7,10H2,1H3;1H/t15-;9-;8-;/m000./s1. The van der Waals surface area contributed by atoms with Crippen molar-refractivity contribution < 1.29 is 45.6 Å². The first-order valence-corrected chi connectivity index (χ1v) is 17.1. The van der Waals surface area contributed by atoms with Crippen molar-refractivity contribution in [1.29, 1.82) is 0 Å². The number of nitrogens with zero attached hydrogens (tertiary/aromatic N) is 1. The van der Waals surface area contributed by atoms with Gasteiger partial charge in [-0.3, -0.25) is 0 Å². The Morgan fingerprint density at radius 1 is 0.686 bits per heavy atom. The van der Waals surface area contributed by atoms with Gasteiger partial charge in [-0.1, -0.05) is 103 Å². The number of alkyl halides is 1. The highest BCUT2D eigenvalue weighted by Crippen LogP contribution is 2.05. The maximum Gasteiger partial charge on any atom is 0.412 e. The molecule has 0 unspecified atom stereocenters. The Kier molecular flexibility index (Phi) is 22.8. The summed E-state index contributed by atoms with van der Waals surface area (Å²) in [6, 6.07) is 33.6. The lowest BCUT2D eigenvalue weighted by molar-refractivity contribution is -0.727. The molecule has 0 aliphatic heterocycles. The summed E-state index contributed by atoms with van der Waals surface area (Å²) in [5, 5.41) is 5.47. The average Bonchev–Trinajstić information content (AvgIpc) is 3.09. The van der Waals surface area contributed by atoms with Crippen LogP contribution < -0.4 is 33.3 Å². The molecule has 4 N–H and O–H groups in total. The number of hydrogen-bond donors (Lipinski definition) is 3. The largest absolute Gasteiger partial charge is 1.00 e. The lowest BCUT2D eigenvalue weighted by Gasteiger charge is -2.13. The third-order valence-corrected chi connectivity index (χ3v) is 6.91. The number of halogens is 2. The van der Waals surface area contributed by atoms with Crippen LogP contribution in [0.3, 0.4) is 0 Å². The lowest BCUT2D eigenvalue weighted by atomic mass is 10.1. The summed E-state index contributed by atoms with van der Waals surface area (Å²) in [6.07, 6.45) is 4.79. The van der Waals surface area contributed by atoms with E-state index in [1.807, 2.05) is 99.6 Å². The summed E-state index contributed by atoms with van der Waals surface area (Å²) in [5.41, 5.74) is 9.67. The van der Waals surface area contributed by atoms with Gasteiger partial charge < -0.3 is 43.0 Å². The van der Waals surface area contributed by atoms with Gasteiger partial charge in [0, 0.05) is 24.2 Å². The van der Waals surface area contributed by atoms with Crippen molar-refractivity contribution in [3.8, 4) is 0 Å². The predicted octanol–water partition coefficient (Wildman–Crippen LogP) is 3.59. The molecular formula is C39H50Cl2N4O6. The Labute approximate surface area is 313 Å². The zero-order valence-electron chi connectivity index (χ0n) is 29.7. The summed E-state index contributed by atoms with van der Waals surface area (Å²) < 4.78 is 16.3. The highest BCUT2D eigenvalue weighted by atomic mass is 35.5. The Morgan fingerprint density at radius 2 is 1.14 bits per heavy atom. The molecule has 4 rings (SSSR count). The zero-order chi connectivity index (χ0) is 36.6. The number of alkyl carbamates (subject to hydrolysis) is 2. The maximum absolute atomic E-state index is 11.9. The van der Waals surface area contributed by atoms with E-state index in [1.165, 1.54) is 11.1 Å². The normalized spacial score (nSPS) is 11.6. The minimum atomic E-state index is -0.502. The van der Waals surface area contributed by atoms with Gasteiger partial charge in [0.1, 0.15) is 5.56 Å². The second kappa shape index (κ2) is 26.2. The Balaban J connectivity index is 0.000000423. The van der Waals surface area contributed by atoms with Crippen molar-refractivity contribution in [3.63, 3.8) is 0 Å². The van der Waals surface area contributed by atoms with Gasteiger partial charge in [0.05, 0.1) is 6.61 Å². The molecule has 3 aromatic carbocycles. The van der Waals surface area contributed by atoms with E-state index in [1.54, 1.807) is 36.0 Å². The first-order valence-electron chi connectivity index (χ1n) is 16.6. The fourth-order valence-corrected chi connectivity index (χ4v) is 4.73. The van der Waals surface area contributed by atoms with Crippen LogP contribution in [0.2, 0.25) is 0 Å². The molecule has 0 aliphatic rings. The number of esters is 1. The third kappa shape index (κ3) is 20.6. The molecule has 0 radical (unpaired) electrons. The molecule has 3 atom stereocenters. The summed E-state index contributed by atoms with van der Waals surface area (Å²) in [6.45, 7) is 7.93. The summed E-state index contributed by atoms with van der Waals surface area (Å²) in [7, 11) is 0. The molecule has 12 heteroatoms. The number of rotatable bonds is 13. The Hall–Kier alpha value is -4.64. The van der Waals surface area contributed by atoms with E-state index in [9.17, 15) is 14.4 Å². The van der Waals surface area contributed by atoms with Crippen LogP contribution in [0.25, 0.3) is 0 Å². The van der Waals surface area contributed by atoms with Gasteiger partial charge >= 0.3 is 18.2 Å². The van der Waals surface area contributed by atoms with Crippen LogP contribution in [-0.2, 0) is 40.2 Å². The molecule has 0 fully saturated rings. The molecule has 1 aromatic heterocycles. The quantitative estimate of drug-likeness (QED) is 0.0827. The lowest BCUT2D eigenvalue weighted by Crippen LogP contribution is -3.00. The Bertz CT molecular complexity index is 1530. The molecule has 0 bridgehead atoms. The van der Waals surface area contributed by atoms with Crippen molar-refractivity contribution in [3.05, 3.63) is 138 Å². The predicted molar refractivity (Wildman–Crippen MR) is 196 cm³/mol. The first-order chi connectivity index (χ1) is 24.1. The van der Waals surface area contributed by atoms with Crippen LogP contribution in [0.1, 0.15) is 54.7 Å². The van der Waals surface area contributed by atoms with Crippen LogP contribution in [0, 0.1) is 0 Å². The first kappa shape index (κ1) is 44.4. The van der Waals surface area contributed by atoms with Crippen molar-refractivity contribution in [1.82, 2.24) is 10.6 Å². The van der Waals surface area contributed by atoms with E-state index in [0.717, 1.165) is 24.8 Å². The molecule has 0 aliphatic carbocycles. The van der Waals surface area contributed by atoms with Gasteiger partial charge in [0.2, 0.25) is 0 Å². The van der Waals surface area contributed by atoms with Crippen LogP contribution in [-0.4, -0.2) is 49.0 Å². The monoisotopic (exact) mass is 740 g/mol. The van der Waals surface area contributed by atoms with E-state index >= 15 is 0 Å². The minimum absolute atomic E-state index is 0. The van der Waals surface area contributed by atoms with Crippen molar-refractivity contribution in [2.45, 2.75) is 71.8 Å². The van der Waals surface area contributed by atoms with Crippen molar-refractivity contribution in [2.24, 2.45) is 5.73 Å². The maximum atomic E-state index is 11.9. The van der Waals surface area contributed by atoms with Crippen molar-refractivity contribution in [2.75, 3.05) is 12.7 Å². The third-order valence-electron chi connectivity index (χ3n) is 6.80. The molecule has 0 saturated heterocycles. The zero-order valence-corrected chi connectivity index (χ0v) is 31.2. The second-order valence-electron chi connectivity index (χ2n) is 11.6. The fourth-order valence-electron chi connectivity index (χ4n) is 4.63.